The maximum atomic E-state index is 11.9. The van der Waals surface area contributed by atoms with E-state index in [4.69, 9.17) is 5.11 Å². The average Bonchev–Trinajstić information content (AvgIpc) is 2.75. The van der Waals surface area contributed by atoms with Crippen molar-refractivity contribution in [2.45, 2.75) is 38.5 Å². The molecule has 2 aliphatic rings. The largest absolute Gasteiger partial charge is 0.481 e. The first-order valence-corrected chi connectivity index (χ1v) is 7.65. The number of rotatable bonds is 6. The second kappa shape index (κ2) is 4.02. The van der Waals surface area contributed by atoms with Crippen LogP contribution in [0, 0.1) is 11.3 Å². The number of carboxylic acids is 1. The molecule has 0 atom stereocenters. The molecule has 5 heteroatoms. The van der Waals surface area contributed by atoms with Crippen molar-refractivity contribution in [2.24, 2.45) is 11.3 Å². The third-order valence-corrected chi connectivity index (χ3v) is 5.76. The minimum Gasteiger partial charge on any atom is -0.481 e. The van der Waals surface area contributed by atoms with Gasteiger partial charge in [-0.3, -0.25) is 4.79 Å². The summed E-state index contributed by atoms with van der Waals surface area (Å²) in [5, 5.41) is 8.73. The second-order valence-corrected chi connectivity index (χ2v) is 7.53. The molecule has 16 heavy (non-hydrogen) atoms. The highest BCUT2D eigenvalue weighted by molar-refractivity contribution is 7.91. The van der Waals surface area contributed by atoms with Crippen LogP contribution in [0.1, 0.15) is 38.5 Å². The van der Waals surface area contributed by atoms with Crippen LogP contribution in [0.15, 0.2) is 0 Å². The number of hydrogen-bond donors (Lipinski definition) is 1. The zero-order valence-corrected chi connectivity index (χ0v) is 10.1. The Morgan fingerprint density at radius 3 is 2.31 bits per heavy atom. The lowest BCUT2D eigenvalue weighted by Gasteiger charge is -2.25. The first kappa shape index (κ1) is 11.9. The van der Waals surface area contributed by atoms with E-state index in [2.05, 4.69) is 0 Å². The van der Waals surface area contributed by atoms with Gasteiger partial charge in [0, 0.05) is 0 Å². The van der Waals surface area contributed by atoms with Crippen molar-refractivity contribution in [1.82, 2.24) is 0 Å². The van der Waals surface area contributed by atoms with E-state index in [0.29, 0.717) is 5.92 Å². The van der Waals surface area contributed by atoms with Gasteiger partial charge in [-0.25, -0.2) is 8.42 Å². The molecular formula is C11H18O4S. The van der Waals surface area contributed by atoms with Crippen LogP contribution in [0.25, 0.3) is 0 Å². The zero-order valence-electron chi connectivity index (χ0n) is 9.31. The van der Waals surface area contributed by atoms with E-state index in [1.54, 1.807) is 0 Å². The van der Waals surface area contributed by atoms with Gasteiger partial charge in [-0.1, -0.05) is 6.42 Å². The van der Waals surface area contributed by atoms with Crippen molar-refractivity contribution in [3.63, 3.8) is 0 Å². The fourth-order valence-electron chi connectivity index (χ4n) is 2.41. The summed E-state index contributed by atoms with van der Waals surface area (Å²) in [5.74, 6) is -0.182. The molecule has 0 aromatic carbocycles. The van der Waals surface area contributed by atoms with Crippen molar-refractivity contribution in [3.8, 4) is 0 Å². The first-order valence-electron chi connectivity index (χ1n) is 5.83. The van der Waals surface area contributed by atoms with Crippen LogP contribution in [0.2, 0.25) is 0 Å². The van der Waals surface area contributed by atoms with E-state index in [0.717, 1.165) is 32.1 Å². The molecule has 4 nitrogen and oxygen atoms in total. The fraction of sp³-hybridized carbons (Fsp3) is 0.909. The lowest BCUT2D eigenvalue weighted by molar-refractivity contribution is -0.138. The van der Waals surface area contributed by atoms with Crippen LogP contribution < -0.4 is 0 Å². The molecule has 0 saturated heterocycles. The summed E-state index contributed by atoms with van der Waals surface area (Å²) in [6, 6.07) is 0. The van der Waals surface area contributed by atoms with Gasteiger partial charge in [-0.2, -0.15) is 0 Å². The fourth-order valence-corrected chi connectivity index (χ4v) is 4.91. The Kier molecular flexibility index (Phi) is 2.99. The minimum absolute atomic E-state index is 0.0108. The van der Waals surface area contributed by atoms with Crippen LogP contribution in [-0.4, -0.2) is 31.0 Å². The minimum atomic E-state index is -3.05. The summed E-state index contributed by atoms with van der Waals surface area (Å²) in [6.07, 6.45) is 4.69. The molecule has 2 aliphatic carbocycles. The van der Waals surface area contributed by atoms with E-state index in [9.17, 15) is 13.2 Å². The first-order chi connectivity index (χ1) is 7.41. The van der Waals surface area contributed by atoms with Crippen LogP contribution in [0.5, 0.6) is 0 Å². The second-order valence-electron chi connectivity index (χ2n) is 5.42. The normalized spacial score (nSPS) is 23.8. The van der Waals surface area contributed by atoms with Crippen LogP contribution in [0.4, 0.5) is 0 Å². The van der Waals surface area contributed by atoms with Crippen molar-refractivity contribution in [1.29, 1.82) is 0 Å². The molecule has 0 aliphatic heterocycles. The predicted octanol–water partition coefficient (Wildman–Crippen LogP) is 1.46. The molecule has 0 aromatic heterocycles. The Morgan fingerprint density at radius 2 is 1.94 bits per heavy atom. The van der Waals surface area contributed by atoms with Crippen LogP contribution in [-0.2, 0) is 14.6 Å². The third kappa shape index (κ3) is 2.97. The van der Waals surface area contributed by atoms with Crippen molar-refractivity contribution in [2.75, 3.05) is 11.5 Å². The van der Waals surface area contributed by atoms with Gasteiger partial charge >= 0.3 is 5.97 Å². The Hall–Kier alpha value is -0.580. The van der Waals surface area contributed by atoms with Gasteiger partial charge in [-0.05, 0) is 37.0 Å². The third-order valence-electron chi connectivity index (χ3n) is 3.72. The Labute approximate surface area is 96.0 Å². The van der Waals surface area contributed by atoms with Gasteiger partial charge in [0.05, 0.1) is 17.9 Å². The maximum absolute atomic E-state index is 11.9. The lowest BCUT2D eigenvalue weighted by atomic mass is 9.87. The highest BCUT2D eigenvalue weighted by Crippen LogP contribution is 2.50. The van der Waals surface area contributed by atoms with E-state index in [-0.39, 0.29) is 17.9 Å². The van der Waals surface area contributed by atoms with Gasteiger partial charge in [-0.15, -0.1) is 0 Å². The van der Waals surface area contributed by atoms with Gasteiger partial charge in [0.15, 0.2) is 9.84 Å². The van der Waals surface area contributed by atoms with E-state index in [1.165, 1.54) is 0 Å². The predicted molar refractivity (Wildman–Crippen MR) is 59.9 cm³/mol. The highest BCUT2D eigenvalue weighted by Gasteiger charge is 2.47. The number of carboxylic acid groups (broad SMARTS) is 1. The average molecular weight is 246 g/mol. The molecule has 0 radical (unpaired) electrons. The van der Waals surface area contributed by atoms with Crippen LogP contribution >= 0.6 is 0 Å². The molecule has 92 valence electrons. The van der Waals surface area contributed by atoms with Crippen molar-refractivity contribution < 1.29 is 18.3 Å². The van der Waals surface area contributed by atoms with Gasteiger partial charge < -0.3 is 5.11 Å². The molecule has 0 heterocycles. The lowest BCUT2D eigenvalue weighted by Crippen LogP contribution is -2.28. The van der Waals surface area contributed by atoms with Gasteiger partial charge in [0.2, 0.25) is 0 Å². The molecule has 0 amide bonds. The van der Waals surface area contributed by atoms with Crippen LogP contribution in [0.3, 0.4) is 0 Å². The SMILES string of the molecule is O=C(O)CC1(CS(=O)(=O)CC2CCC2)CC1. The molecule has 2 rings (SSSR count). The molecule has 2 saturated carbocycles. The van der Waals surface area contributed by atoms with Gasteiger partial charge in [0.25, 0.3) is 0 Å². The van der Waals surface area contributed by atoms with Gasteiger partial charge in [0.1, 0.15) is 0 Å². The summed E-state index contributed by atoms with van der Waals surface area (Å²) in [7, 11) is -3.05. The monoisotopic (exact) mass is 246 g/mol. The number of hydrogen-bond acceptors (Lipinski definition) is 3. The molecule has 0 bridgehead atoms. The summed E-state index contributed by atoms with van der Waals surface area (Å²) in [6.45, 7) is 0. The summed E-state index contributed by atoms with van der Waals surface area (Å²) >= 11 is 0. The van der Waals surface area contributed by atoms with Crippen molar-refractivity contribution in [3.05, 3.63) is 0 Å². The molecular weight excluding hydrogens is 228 g/mol. The molecule has 0 unspecified atom stereocenters. The number of sulfone groups is 1. The van der Waals surface area contributed by atoms with Crippen molar-refractivity contribution >= 4 is 15.8 Å². The smallest absolute Gasteiger partial charge is 0.303 e. The highest BCUT2D eigenvalue weighted by atomic mass is 32.2. The molecule has 2 fully saturated rings. The maximum Gasteiger partial charge on any atom is 0.303 e. The standard InChI is InChI=1S/C11H18O4S/c12-10(13)6-11(4-5-11)8-16(14,15)7-9-2-1-3-9/h9H,1-8H2,(H,12,13). The van der Waals surface area contributed by atoms with E-state index >= 15 is 0 Å². The van der Waals surface area contributed by atoms with E-state index < -0.39 is 21.2 Å². The molecule has 0 spiro atoms. The quantitative estimate of drug-likeness (QED) is 0.770. The summed E-state index contributed by atoms with van der Waals surface area (Å²) in [4.78, 5) is 10.6. The van der Waals surface area contributed by atoms with E-state index in [1.807, 2.05) is 0 Å². The number of carbonyl (C=O) groups is 1. The topological polar surface area (TPSA) is 71.4 Å². The number of aliphatic carboxylic acids is 1. The Bertz CT molecular complexity index is 377. The summed E-state index contributed by atoms with van der Waals surface area (Å²) in [5.41, 5.74) is -0.422. The molecule has 1 N–H and O–H groups in total. The Balaban J connectivity index is 1.89. The molecule has 0 aromatic rings. The Morgan fingerprint density at radius 1 is 1.31 bits per heavy atom. The zero-order chi connectivity index (χ0) is 11.8. The summed E-state index contributed by atoms with van der Waals surface area (Å²) < 4.78 is 23.8.